The van der Waals surface area contributed by atoms with E-state index < -0.39 is 0 Å². The molecule has 2 amide bonds. The van der Waals surface area contributed by atoms with Gasteiger partial charge < -0.3 is 19.3 Å². The summed E-state index contributed by atoms with van der Waals surface area (Å²) < 4.78 is 11.1. The summed E-state index contributed by atoms with van der Waals surface area (Å²) in [6.07, 6.45) is 4.06. The minimum atomic E-state index is 0.0234. The predicted molar refractivity (Wildman–Crippen MR) is 114 cm³/mol. The summed E-state index contributed by atoms with van der Waals surface area (Å²) in [7, 11) is 1.61. The number of benzene rings is 2. The van der Waals surface area contributed by atoms with Crippen molar-refractivity contribution in [1.82, 2.24) is 9.80 Å². The molecule has 2 aliphatic rings. The first-order valence-electron chi connectivity index (χ1n) is 10.6. The number of ether oxygens (including phenoxy) is 2. The molecule has 0 spiro atoms. The molecule has 2 aromatic carbocycles. The third kappa shape index (κ3) is 4.42. The summed E-state index contributed by atoms with van der Waals surface area (Å²) in [5.74, 6) is 1.57. The van der Waals surface area contributed by atoms with E-state index in [1.807, 2.05) is 34.1 Å². The average molecular weight is 408 g/mol. The van der Waals surface area contributed by atoms with Gasteiger partial charge in [0.1, 0.15) is 18.1 Å². The Bertz CT molecular complexity index is 873. The number of carbonyl (C=O) groups excluding carboxylic acids is 2. The average Bonchev–Trinajstić information content (AvgIpc) is 3.49. The molecular weight excluding hydrogens is 380 g/mol. The summed E-state index contributed by atoms with van der Waals surface area (Å²) in [4.78, 5) is 29.1. The highest BCUT2D eigenvalue weighted by molar-refractivity contribution is 5.95. The molecule has 2 saturated heterocycles. The zero-order valence-electron chi connectivity index (χ0n) is 17.4. The van der Waals surface area contributed by atoms with Crippen LogP contribution in [0, 0.1) is 0 Å². The van der Waals surface area contributed by atoms with E-state index >= 15 is 0 Å². The first-order chi connectivity index (χ1) is 14.7. The molecule has 1 atom stereocenters. The van der Waals surface area contributed by atoms with E-state index in [0.717, 1.165) is 56.8 Å². The van der Waals surface area contributed by atoms with Crippen molar-refractivity contribution in [2.24, 2.45) is 0 Å². The predicted octanol–water partition coefficient (Wildman–Crippen LogP) is 3.61. The zero-order chi connectivity index (χ0) is 20.9. The normalized spacial score (nSPS) is 18.5. The van der Waals surface area contributed by atoms with E-state index in [0.29, 0.717) is 17.7 Å². The van der Waals surface area contributed by atoms with Crippen molar-refractivity contribution in [3.63, 3.8) is 0 Å². The lowest BCUT2D eigenvalue weighted by molar-refractivity contribution is 0.0690. The molecule has 2 aliphatic heterocycles. The Morgan fingerprint density at radius 2 is 1.43 bits per heavy atom. The highest BCUT2D eigenvalue weighted by Gasteiger charge is 2.30. The molecule has 0 N–H and O–H groups in total. The van der Waals surface area contributed by atoms with Crippen LogP contribution < -0.4 is 9.47 Å². The third-order valence-electron chi connectivity index (χ3n) is 5.91. The summed E-state index contributed by atoms with van der Waals surface area (Å²) >= 11 is 0. The molecule has 0 saturated carbocycles. The molecule has 2 aromatic rings. The minimum Gasteiger partial charge on any atom is -0.497 e. The summed E-state index contributed by atoms with van der Waals surface area (Å²) in [5.41, 5.74) is 1.36. The number of methoxy groups -OCH3 is 1. The van der Waals surface area contributed by atoms with E-state index in [-0.39, 0.29) is 17.9 Å². The molecule has 30 heavy (non-hydrogen) atoms. The first kappa shape index (κ1) is 20.3. The van der Waals surface area contributed by atoms with Gasteiger partial charge in [-0.05, 0) is 74.2 Å². The SMILES string of the molecule is COc1ccc(C(=O)N2CCC[C@@H]2COc2ccc(C(=O)N3CCCC3)cc2)cc1. The second kappa shape index (κ2) is 9.20. The van der Waals surface area contributed by atoms with Crippen LogP contribution in [-0.2, 0) is 0 Å². The molecule has 158 valence electrons. The largest absolute Gasteiger partial charge is 0.497 e. The maximum Gasteiger partial charge on any atom is 0.254 e. The van der Waals surface area contributed by atoms with Crippen molar-refractivity contribution in [3.8, 4) is 11.5 Å². The van der Waals surface area contributed by atoms with Gasteiger partial charge in [0.15, 0.2) is 0 Å². The second-order valence-electron chi connectivity index (χ2n) is 7.86. The van der Waals surface area contributed by atoms with Gasteiger partial charge in [0.25, 0.3) is 11.8 Å². The van der Waals surface area contributed by atoms with Crippen LogP contribution >= 0.6 is 0 Å². The van der Waals surface area contributed by atoms with Gasteiger partial charge in [-0.15, -0.1) is 0 Å². The van der Waals surface area contributed by atoms with Crippen molar-refractivity contribution in [2.45, 2.75) is 31.7 Å². The highest BCUT2D eigenvalue weighted by Crippen LogP contribution is 2.23. The molecule has 6 heteroatoms. The van der Waals surface area contributed by atoms with Crippen LogP contribution in [0.3, 0.4) is 0 Å². The standard InChI is InChI=1S/C24H28N2O4/c1-29-21-10-6-19(7-11-21)24(28)26-16-4-5-20(26)17-30-22-12-8-18(9-13-22)23(27)25-14-2-3-15-25/h6-13,20H,2-5,14-17H2,1H3/t20-/m1/s1. The third-order valence-corrected chi connectivity index (χ3v) is 5.91. The molecule has 0 bridgehead atoms. The summed E-state index contributed by atoms with van der Waals surface area (Å²) in [6, 6.07) is 14.6. The Labute approximate surface area is 177 Å². The number of rotatable bonds is 6. The van der Waals surface area contributed by atoms with Crippen molar-refractivity contribution in [3.05, 3.63) is 59.7 Å². The van der Waals surface area contributed by atoms with Gasteiger partial charge in [-0.2, -0.15) is 0 Å². The van der Waals surface area contributed by atoms with Crippen LogP contribution in [0.4, 0.5) is 0 Å². The van der Waals surface area contributed by atoms with E-state index in [4.69, 9.17) is 9.47 Å². The van der Waals surface area contributed by atoms with Crippen molar-refractivity contribution >= 4 is 11.8 Å². The van der Waals surface area contributed by atoms with Crippen LogP contribution in [0.1, 0.15) is 46.4 Å². The fourth-order valence-electron chi connectivity index (χ4n) is 4.16. The number of carbonyl (C=O) groups is 2. The van der Waals surface area contributed by atoms with Gasteiger partial charge >= 0.3 is 0 Å². The van der Waals surface area contributed by atoms with E-state index in [1.54, 1.807) is 31.4 Å². The second-order valence-corrected chi connectivity index (χ2v) is 7.86. The van der Waals surface area contributed by atoms with E-state index in [2.05, 4.69) is 0 Å². The molecule has 6 nitrogen and oxygen atoms in total. The number of nitrogens with zero attached hydrogens (tertiary/aromatic N) is 2. The number of amides is 2. The lowest BCUT2D eigenvalue weighted by atomic mass is 10.1. The quantitative estimate of drug-likeness (QED) is 0.733. The molecule has 4 rings (SSSR count). The molecule has 0 radical (unpaired) electrons. The maximum absolute atomic E-state index is 12.9. The molecule has 0 aliphatic carbocycles. The number of likely N-dealkylation sites (tertiary alicyclic amines) is 2. The molecule has 0 aromatic heterocycles. The van der Waals surface area contributed by atoms with E-state index in [1.165, 1.54) is 0 Å². The first-order valence-corrected chi connectivity index (χ1v) is 10.6. The van der Waals surface area contributed by atoms with Crippen LogP contribution in [0.5, 0.6) is 11.5 Å². The fourth-order valence-corrected chi connectivity index (χ4v) is 4.16. The van der Waals surface area contributed by atoms with Gasteiger partial charge in [0, 0.05) is 30.8 Å². The molecule has 0 unspecified atom stereocenters. The van der Waals surface area contributed by atoms with Crippen LogP contribution in [-0.4, -0.2) is 61.0 Å². The topological polar surface area (TPSA) is 59.1 Å². The van der Waals surface area contributed by atoms with Gasteiger partial charge in [-0.1, -0.05) is 0 Å². The summed E-state index contributed by atoms with van der Waals surface area (Å²) in [6.45, 7) is 2.87. The molecule has 2 fully saturated rings. The van der Waals surface area contributed by atoms with Crippen molar-refractivity contribution < 1.29 is 19.1 Å². The van der Waals surface area contributed by atoms with Gasteiger partial charge in [-0.3, -0.25) is 9.59 Å². The number of hydrogen-bond donors (Lipinski definition) is 0. The zero-order valence-corrected chi connectivity index (χ0v) is 17.4. The van der Waals surface area contributed by atoms with Crippen LogP contribution in [0.25, 0.3) is 0 Å². The highest BCUT2D eigenvalue weighted by atomic mass is 16.5. The Kier molecular flexibility index (Phi) is 6.21. The van der Waals surface area contributed by atoms with Crippen LogP contribution in [0.2, 0.25) is 0 Å². The Morgan fingerprint density at radius 1 is 0.833 bits per heavy atom. The van der Waals surface area contributed by atoms with Gasteiger partial charge in [0.2, 0.25) is 0 Å². The van der Waals surface area contributed by atoms with E-state index in [9.17, 15) is 9.59 Å². The number of hydrogen-bond acceptors (Lipinski definition) is 4. The minimum absolute atomic E-state index is 0.0234. The molecular formula is C24H28N2O4. The van der Waals surface area contributed by atoms with Crippen molar-refractivity contribution in [2.75, 3.05) is 33.4 Å². The van der Waals surface area contributed by atoms with Crippen LogP contribution in [0.15, 0.2) is 48.5 Å². The monoisotopic (exact) mass is 408 g/mol. The van der Waals surface area contributed by atoms with Gasteiger partial charge in [-0.25, -0.2) is 0 Å². The molecule has 2 heterocycles. The smallest absolute Gasteiger partial charge is 0.254 e. The fraction of sp³-hybridized carbons (Fsp3) is 0.417. The maximum atomic E-state index is 12.9. The van der Waals surface area contributed by atoms with Crippen molar-refractivity contribution in [1.29, 1.82) is 0 Å². The Balaban J connectivity index is 1.34. The van der Waals surface area contributed by atoms with Gasteiger partial charge in [0.05, 0.1) is 13.2 Å². The summed E-state index contributed by atoms with van der Waals surface area (Å²) in [5, 5.41) is 0. The Morgan fingerprint density at radius 3 is 2.07 bits per heavy atom. The lowest BCUT2D eigenvalue weighted by Gasteiger charge is -2.25. The Hall–Kier alpha value is -3.02. The lowest BCUT2D eigenvalue weighted by Crippen LogP contribution is -2.39.